The van der Waals surface area contributed by atoms with Gasteiger partial charge in [-0.15, -0.1) is 0 Å². The Morgan fingerprint density at radius 3 is 2.75 bits per heavy atom. The number of nitrogens with zero attached hydrogens (tertiary/aromatic N) is 2. The van der Waals surface area contributed by atoms with Gasteiger partial charge in [0.25, 0.3) is 0 Å². The van der Waals surface area contributed by atoms with E-state index in [9.17, 15) is 0 Å². The first-order valence-corrected chi connectivity index (χ1v) is 6.71. The van der Waals surface area contributed by atoms with E-state index in [2.05, 4.69) is 23.9 Å². The highest BCUT2D eigenvalue weighted by Gasteiger charge is 2.42. The summed E-state index contributed by atoms with van der Waals surface area (Å²) in [6.45, 7) is 5.91. The second kappa shape index (κ2) is 5.03. The van der Waals surface area contributed by atoms with Gasteiger partial charge in [-0.25, -0.2) is 0 Å². The maximum Gasteiger partial charge on any atom is 0.00471 e. The van der Waals surface area contributed by atoms with Crippen molar-refractivity contribution in [1.29, 1.82) is 0 Å². The summed E-state index contributed by atoms with van der Waals surface area (Å²) in [6, 6.07) is 0. The van der Waals surface area contributed by atoms with Crippen molar-refractivity contribution in [2.45, 2.75) is 25.7 Å². The minimum absolute atomic E-state index is 0.495. The topological polar surface area (TPSA) is 32.5 Å². The lowest BCUT2D eigenvalue weighted by Gasteiger charge is -2.33. The molecule has 1 saturated heterocycles. The van der Waals surface area contributed by atoms with Gasteiger partial charge in [0.1, 0.15) is 0 Å². The third-order valence-electron chi connectivity index (χ3n) is 4.29. The van der Waals surface area contributed by atoms with E-state index in [1.165, 1.54) is 51.9 Å². The molecule has 3 nitrogen and oxygen atoms in total. The maximum absolute atomic E-state index is 5.84. The molecule has 1 unspecified atom stereocenters. The van der Waals surface area contributed by atoms with E-state index in [0.717, 1.165) is 12.5 Å². The standard InChI is InChI=1S/C13H27N3/c1-15-7-3-4-12(8-15)9-16(2)11-13(10-14)5-6-13/h12H,3-11,14H2,1-2H3. The largest absolute Gasteiger partial charge is 0.330 e. The van der Waals surface area contributed by atoms with Crippen molar-refractivity contribution in [2.75, 3.05) is 46.8 Å². The molecule has 0 amide bonds. The predicted molar refractivity (Wildman–Crippen MR) is 68.4 cm³/mol. The van der Waals surface area contributed by atoms with E-state index < -0.39 is 0 Å². The van der Waals surface area contributed by atoms with Gasteiger partial charge >= 0.3 is 0 Å². The van der Waals surface area contributed by atoms with Crippen LogP contribution in [0.1, 0.15) is 25.7 Å². The molecule has 2 fully saturated rings. The lowest BCUT2D eigenvalue weighted by Crippen LogP contribution is -2.40. The molecule has 0 bridgehead atoms. The molecule has 0 spiro atoms. The summed E-state index contributed by atoms with van der Waals surface area (Å²) in [5.41, 5.74) is 6.33. The van der Waals surface area contributed by atoms with Crippen LogP contribution in [-0.2, 0) is 0 Å². The van der Waals surface area contributed by atoms with Crippen molar-refractivity contribution < 1.29 is 0 Å². The summed E-state index contributed by atoms with van der Waals surface area (Å²) in [5.74, 6) is 0.873. The molecule has 2 N–H and O–H groups in total. The molecule has 2 aliphatic rings. The fourth-order valence-corrected chi connectivity index (χ4v) is 3.10. The molecule has 1 heterocycles. The van der Waals surface area contributed by atoms with Crippen LogP contribution in [0.5, 0.6) is 0 Å². The summed E-state index contributed by atoms with van der Waals surface area (Å²) >= 11 is 0. The molecule has 0 aromatic carbocycles. The van der Waals surface area contributed by atoms with Gasteiger partial charge in [-0.3, -0.25) is 0 Å². The number of nitrogens with two attached hydrogens (primary N) is 1. The van der Waals surface area contributed by atoms with Crippen LogP contribution in [-0.4, -0.2) is 56.6 Å². The maximum atomic E-state index is 5.84. The van der Waals surface area contributed by atoms with Gasteiger partial charge in [0.2, 0.25) is 0 Å². The van der Waals surface area contributed by atoms with Crippen LogP contribution in [0.2, 0.25) is 0 Å². The zero-order chi connectivity index (χ0) is 11.6. The normalized spacial score (nSPS) is 29.6. The fourth-order valence-electron chi connectivity index (χ4n) is 3.10. The van der Waals surface area contributed by atoms with Crippen molar-refractivity contribution in [3.8, 4) is 0 Å². The van der Waals surface area contributed by atoms with Crippen LogP contribution >= 0.6 is 0 Å². The van der Waals surface area contributed by atoms with Crippen LogP contribution in [0.25, 0.3) is 0 Å². The van der Waals surface area contributed by atoms with Crippen LogP contribution < -0.4 is 5.73 Å². The number of rotatable bonds is 5. The molecule has 0 aromatic rings. The smallest absolute Gasteiger partial charge is 0.00471 e. The molecular formula is C13H27N3. The van der Waals surface area contributed by atoms with Gasteiger partial charge in [-0.2, -0.15) is 0 Å². The van der Waals surface area contributed by atoms with Gasteiger partial charge < -0.3 is 15.5 Å². The van der Waals surface area contributed by atoms with Gasteiger partial charge in [-0.05, 0) is 64.2 Å². The first-order valence-electron chi connectivity index (χ1n) is 6.71. The highest BCUT2D eigenvalue weighted by molar-refractivity contribution is 4.96. The predicted octanol–water partition coefficient (Wildman–Crippen LogP) is 0.999. The van der Waals surface area contributed by atoms with Crippen LogP contribution in [0, 0.1) is 11.3 Å². The lowest BCUT2D eigenvalue weighted by atomic mass is 9.97. The summed E-state index contributed by atoms with van der Waals surface area (Å²) in [4.78, 5) is 4.99. The Balaban J connectivity index is 1.72. The van der Waals surface area contributed by atoms with Crippen LogP contribution in [0.4, 0.5) is 0 Å². The molecule has 1 aliphatic heterocycles. The average Bonchev–Trinajstić information content (AvgIpc) is 2.98. The summed E-state index contributed by atoms with van der Waals surface area (Å²) in [6.07, 6.45) is 5.47. The zero-order valence-electron chi connectivity index (χ0n) is 10.9. The lowest BCUT2D eigenvalue weighted by molar-refractivity contribution is 0.154. The first kappa shape index (κ1) is 12.3. The first-order chi connectivity index (χ1) is 7.63. The second-order valence-electron chi connectivity index (χ2n) is 6.17. The summed E-state index contributed by atoms with van der Waals surface area (Å²) in [7, 11) is 4.51. The second-order valence-corrected chi connectivity index (χ2v) is 6.17. The van der Waals surface area contributed by atoms with Crippen molar-refractivity contribution in [3.63, 3.8) is 0 Å². The number of hydrogen-bond acceptors (Lipinski definition) is 3. The Kier molecular flexibility index (Phi) is 3.88. The number of hydrogen-bond donors (Lipinski definition) is 1. The van der Waals surface area contributed by atoms with Crippen molar-refractivity contribution >= 4 is 0 Å². The molecule has 1 atom stereocenters. The fraction of sp³-hybridized carbons (Fsp3) is 1.00. The van der Waals surface area contributed by atoms with E-state index in [4.69, 9.17) is 5.73 Å². The monoisotopic (exact) mass is 225 g/mol. The van der Waals surface area contributed by atoms with Gasteiger partial charge in [0, 0.05) is 19.6 Å². The van der Waals surface area contributed by atoms with Crippen molar-refractivity contribution in [1.82, 2.24) is 9.80 Å². The molecule has 3 heteroatoms. The summed E-state index contributed by atoms with van der Waals surface area (Å²) < 4.78 is 0. The minimum Gasteiger partial charge on any atom is -0.330 e. The molecule has 0 aromatic heterocycles. The molecule has 2 rings (SSSR count). The molecule has 0 radical (unpaired) electrons. The average molecular weight is 225 g/mol. The SMILES string of the molecule is CN1CCCC(CN(C)CC2(CN)CC2)C1. The quantitative estimate of drug-likeness (QED) is 0.757. The Morgan fingerprint density at radius 2 is 2.19 bits per heavy atom. The van der Waals surface area contributed by atoms with E-state index >= 15 is 0 Å². The number of piperidine rings is 1. The Morgan fingerprint density at radius 1 is 1.44 bits per heavy atom. The Labute approximate surface area is 100.0 Å². The van der Waals surface area contributed by atoms with Gasteiger partial charge in [0.05, 0.1) is 0 Å². The van der Waals surface area contributed by atoms with E-state index in [-0.39, 0.29) is 0 Å². The summed E-state index contributed by atoms with van der Waals surface area (Å²) in [5, 5.41) is 0. The molecule has 1 saturated carbocycles. The molecular weight excluding hydrogens is 198 g/mol. The molecule has 1 aliphatic carbocycles. The van der Waals surface area contributed by atoms with E-state index in [0.29, 0.717) is 5.41 Å². The van der Waals surface area contributed by atoms with Gasteiger partial charge in [-0.1, -0.05) is 0 Å². The van der Waals surface area contributed by atoms with Crippen molar-refractivity contribution in [3.05, 3.63) is 0 Å². The van der Waals surface area contributed by atoms with Crippen LogP contribution in [0.3, 0.4) is 0 Å². The minimum atomic E-state index is 0.495. The van der Waals surface area contributed by atoms with Crippen LogP contribution in [0.15, 0.2) is 0 Å². The third-order valence-corrected chi connectivity index (χ3v) is 4.29. The molecule has 94 valence electrons. The third kappa shape index (κ3) is 3.19. The Bertz CT molecular complexity index is 225. The van der Waals surface area contributed by atoms with E-state index in [1.54, 1.807) is 0 Å². The highest BCUT2D eigenvalue weighted by Crippen LogP contribution is 2.44. The molecule has 16 heavy (non-hydrogen) atoms. The highest BCUT2D eigenvalue weighted by atomic mass is 15.1. The van der Waals surface area contributed by atoms with Gasteiger partial charge in [0.15, 0.2) is 0 Å². The zero-order valence-corrected chi connectivity index (χ0v) is 10.9. The van der Waals surface area contributed by atoms with E-state index in [1.807, 2.05) is 0 Å². The van der Waals surface area contributed by atoms with Crippen molar-refractivity contribution in [2.24, 2.45) is 17.1 Å². The number of likely N-dealkylation sites (tertiary alicyclic amines) is 1. The Hall–Kier alpha value is -0.120.